The molecule has 0 atom stereocenters. The minimum absolute atomic E-state index is 0.897. The molecule has 1 aromatic heterocycles. The Morgan fingerprint density at radius 1 is 1.41 bits per heavy atom. The molecule has 1 aliphatic heterocycles. The number of rotatable bonds is 7. The van der Waals surface area contributed by atoms with Crippen molar-refractivity contribution in [3.8, 4) is 0 Å². The summed E-state index contributed by atoms with van der Waals surface area (Å²) in [7, 11) is 0. The first-order chi connectivity index (χ1) is 8.38. The van der Waals surface area contributed by atoms with Gasteiger partial charge in [-0.2, -0.15) is 5.10 Å². The normalized spacial score (nSPS) is 16.5. The van der Waals surface area contributed by atoms with Crippen molar-refractivity contribution in [2.45, 2.75) is 25.8 Å². The summed E-state index contributed by atoms with van der Waals surface area (Å²) >= 11 is 0. The molecule has 1 N–H and O–H groups in total. The van der Waals surface area contributed by atoms with Gasteiger partial charge in [0.15, 0.2) is 0 Å². The van der Waals surface area contributed by atoms with Crippen molar-refractivity contribution in [1.82, 2.24) is 20.0 Å². The molecule has 0 aliphatic carbocycles. The van der Waals surface area contributed by atoms with Gasteiger partial charge in [-0.3, -0.25) is 0 Å². The summed E-state index contributed by atoms with van der Waals surface area (Å²) in [4.78, 5) is 2.55. The van der Waals surface area contributed by atoms with Gasteiger partial charge in [0.1, 0.15) is 0 Å². The number of hydrogen-bond acceptors (Lipinski definition) is 3. The van der Waals surface area contributed by atoms with E-state index in [2.05, 4.69) is 21.9 Å². The Balaban J connectivity index is 1.54. The molecule has 1 fully saturated rings. The smallest absolute Gasteiger partial charge is 0.0538 e. The molecule has 2 heterocycles. The van der Waals surface area contributed by atoms with Crippen LogP contribution in [0.5, 0.6) is 0 Å². The SMILES string of the molecule is C=Cn1cc(CNCCCN2CCCC2)cn1. The summed E-state index contributed by atoms with van der Waals surface area (Å²) < 4.78 is 1.74. The number of nitrogens with zero attached hydrogens (tertiary/aromatic N) is 3. The van der Waals surface area contributed by atoms with Gasteiger partial charge in [-0.25, -0.2) is 4.68 Å². The third kappa shape index (κ3) is 3.98. The van der Waals surface area contributed by atoms with E-state index >= 15 is 0 Å². The lowest BCUT2D eigenvalue weighted by Gasteiger charge is -2.13. The molecule has 0 bridgehead atoms. The fourth-order valence-electron chi connectivity index (χ4n) is 2.24. The molecular formula is C13H22N4. The molecule has 2 rings (SSSR count). The van der Waals surface area contributed by atoms with Crippen LogP contribution in [0.4, 0.5) is 0 Å². The predicted molar refractivity (Wildman–Crippen MR) is 70.6 cm³/mol. The summed E-state index contributed by atoms with van der Waals surface area (Å²) in [5.41, 5.74) is 1.21. The minimum Gasteiger partial charge on any atom is -0.313 e. The highest BCUT2D eigenvalue weighted by atomic mass is 15.2. The topological polar surface area (TPSA) is 33.1 Å². The summed E-state index contributed by atoms with van der Waals surface area (Å²) in [5.74, 6) is 0. The Kier molecular flexibility index (Phi) is 4.76. The fraction of sp³-hybridized carbons (Fsp3) is 0.615. The second-order valence-electron chi connectivity index (χ2n) is 4.59. The first-order valence-corrected chi connectivity index (χ1v) is 6.47. The average molecular weight is 234 g/mol. The molecule has 4 nitrogen and oxygen atoms in total. The van der Waals surface area contributed by atoms with Gasteiger partial charge >= 0.3 is 0 Å². The number of aromatic nitrogens is 2. The van der Waals surface area contributed by atoms with Crippen molar-refractivity contribution in [3.63, 3.8) is 0 Å². The zero-order chi connectivity index (χ0) is 11.9. The summed E-state index contributed by atoms with van der Waals surface area (Å²) in [6.07, 6.45) is 9.59. The van der Waals surface area contributed by atoms with E-state index in [-0.39, 0.29) is 0 Å². The first-order valence-electron chi connectivity index (χ1n) is 6.47. The van der Waals surface area contributed by atoms with Gasteiger partial charge in [-0.1, -0.05) is 6.58 Å². The van der Waals surface area contributed by atoms with Crippen LogP contribution in [0.15, 0.2) is 19.0 Å². The Bertz CT molecular complexity index is 339. The van der Waals surface area contributed by atoms with Gasteiger partial charge in [0.05, 0.1) is 6.20 Å². The molecule has 0 aromatic carbocycles. The quantitative estimate of drug-likeness (QED) is 0.727. The molecule has 1 saturated heterocycles. The van der Waals surface area contributed by atoms with Crippen molar-refractivity contribution in [1.29, 1.82) is 0 Å². The third-order valence-corrected chi connectivity index (χ3v) is 3.20. The minimum atomic E-state index is 0.897. The van der Waals surface area contributed by atoms with E-state index in [4.69, 9.17) is 0 Å². The molecule has 4 heteroatoms. The second-order valence-corrected chi connectivity index (χ2v) is 4.59. The molecule has 0 saturated carbocycles. The van der Waals surface area contributed by atoms with Crippen LogP contribution >= 0.6 is 0 Å². The van der Waals surface area contributed by atoms with Crippen LogP contribution < -0.4 is 5.32 Å². The lowest BCUT2D eigenvalue weighted by molar-refractivity contribution is 0.331. The summed E-state index contributed by atoms with van der Waals surface area (Å²) in [5, 5.41) is 7.60. The van der Waals surface area contributed by atoms with E-state index in [0.717, 1.165) is 13.1 Å². The maximum absolute atomic E-state index is 4.15. The van der Waals surface area contributed by atoms with E-state index in [1.807, 2.05) is 12.4 Å². The maximum atomic E-state index is 4.15. The van der Waals surface area contributed by atoms with Crippen LogP contribution in [-0.4, -0.2) is 40.9 Å². The van der Waals surface area contributed by atoms with Crippen molar-refractivity contribution in [2.24, 2.45) is 0 Å². The standard InChI is InChI=1S/C13H22N4/c1-2-17-12-13(11-15-17)10-14-6-5-9-16-7-3-4-8-16/h2,11-12,14H,1,3-10H2. The number of likely N-dealkylation sites (tertiary alicyclic amines) is 1. The Morgan fingerprint density at radius 2 is 2.24 bits per heavy atom. The average Bonchev–Trinajstić information content (AvgIpc) is 2.99. The molecule has 0 spiro atoms. The molecule has 0 amide bonds. The summed E-state index contributed by atoms with van der Waals surface area (Å²) in [6.45, 7) is 9.48. The van der Waals surface area contributed by atoms with E-state index in [1.165, 1.54) is 44.5 Å². The molecule has 1 aromatic rings. The monoisotopic (exact) mass is 234 g/mol. The molecule has 0 unspecified atom stereocenters. The maximum Gasteiger partial charge on any atom is 0.0538 e. The largest absolute Gasteiger partial charge is 0.313 e. The molecule has 17 heavy (non-hydrogen) atoms. The molecule has 0 radical (unpaired) electrons. The Hall–Kier alpha value is -1.13. The summed E-state index contributed by atoms with van der Waals surface area (Å²) in [6, 6.07) is 0. The van der Waals surface area contributed by atoms with E-state index in [1.54, 1.807) is 10.9 Å². The van der Waals surface area contributed by atoms with Crippen LogP contribution in [0.1, 0.15) is 24.8 Å². The van der Waals surface area contributed by atoms with Gasteiger partial charge < -0.3 is 10.2 Å². The van der Waals surface area contributed by atoms with Crippen LogP contribution in [0, 0.1) is 0 Å². The number of nitrogens with one attached hydrogen (secondary N) is 1. The third-order valence-electron chi connectivity index (χ3n) is 3.20. The van der Waals surface area contributed by atoms with Crippen molar-refractivity contribution in [2.75, 3.05) is 26.2 Å². The predicted octanol–water partition coefficient (Wildman–Crippen LogP) is 1.56. The van der Waals surface area contributed by atoms with E-state index in [9.17, 15) is 0 Å². The van der Waals surface area contributed by atoms with Gasteiger partial charge in [0, 0.05) is 24.5 Å². The fourth-order valence-corrected chi connectivity index (χ4v) is 2.24. The second kappa shape index (κ2) is 6.57. The Labute approximate surface area is 103 Å². The van der Waals surface area contributed by atoms with Gasteiger partial charge in [-0.15, -0.1) is 0 Å². The lowest BCUT2D eigenvalue weighted by atomic mass is 10.3. The molecular weight excluding hydrogens is 212 g/mol. The molecule has 1 aliphatic rings. The van der Waals surface area contributed by atoms with Gasteiger partial charge in [0.25, 0.3) is 0 Å². The van der Waals surface area contributed by atoms with Crippen molar-refractivity contribution < 1.29 is 0 Å². The zero-order valence-electron chi connectivity index (χ0n) is 10.4. The zero-order valence-corrected chi connectivity index (χ0v) is 10.4. The van der Waals surface area contributed by atoms with E-state index in [0.29, 0.717) is 0 Å². The van der Waals surface area contributed by atoms with E-state index < -0.39 is 0 Å². The Morgan fingerprint density at radius 3 is 2.94 bits per heavy atom. The van der Waals surface area contributed by atoms with Crippen LogP contribution in [0.3, 0.4) is 0 Å². The number of hydrogen-bond donors (Lipinski definition) is 1. The highest BCUT2D eigenvalue weighted by Gasteiger charge is 2.09. The van der Waals surface area contributed by atoms with Crippen LogP contribution in [0.25, 0.3) is 6.20 Å². The molecule has 94 valence electrons. The van der Waals surface area contributed by atoms with Crippen LogP contribution in [0.2, 0.25) is 0 Å². The van der Waals surface area contributed by atoms with Crippen molar-refractivity contribution in [3.05, 3.63) is 24.5 Å². The lowest BCUT2D eigenvalue weighted by Crippen LogP contribution is -2.24. The highest BCUT2D eigenvalue weighted by molar-refractivity contribution is 5.17. The first kappa shape index (κ1) is 12.3. The highest BCUT2D eigenvalue weighted by Crippen LogP contribution is 2.06. The van der Waals surface area contributed by atoms with Crippen LogP contribution in [-0.2, 0) is 6.54 Å². The van der Waals surface area contributed by atoms with Gasteiger partial charge in [0.2, 0.25) is 0 Å². The van der Waals surface area contributed by atoms with Crippen molar-refractivity contribution >= 4 is 6.20 Å². The van der Waals surface area contributed by atoms with Gasteiger partial charge in [-0.05, 0) is 45.4 Å².